The number of carbonyl (C=O) groups excluding carboxylic acids is 2. The van der Waals surface area contributed by atoms with Crippen molar-refractivity contribution in [2.24, 2.45) is 0 Å². The number of carbonyl (C=O) groups is 2. The molecular formula is C26H26O4. The van der Waals surface area contributed by atoms with Crippen LogP contribution in [0.15, 0.2) is 72.8 Å². The summed E-state index contributed by atoms with van der Waals surface area (Å²) >= 11 is 0. The first-order valence-electron chi connectivity index (χ1n) is 10.1. The lowest BCUT2D eigenvalue weighted by Gasteiger charge is -2.18. The molecule has 0 atom stereocenters. The Bertz CT molecular complexity index is 1040. The fraction of sp³-hybridized carbons (Fsp3) is 0.231. The van der Waals surface area contributed by atoms with E-state index in [1.807, 2.05) is 60.7 Å². The number of hydrogen-bond acceptors (Lipinski definition) is 4. The van der Waals surface area contributed by atoms with Crippen LogP contribution in [0.2, 0.25) is 0 Å². The van der Waals surface area contributed by atoms with Crippen molar-refractivity contribution < 1.29 is 19.1 Å². The van der Waals surface area contributed by atoms with Gasteiger partial charge >= 0.3 is 11.9 Å². The van der Waals surface area contributed by atoms with E-state index in [0.29, 0.717) is 5.56 Å². The van der Waals surface area contributed by atoms with Gasteiger partial charge in [-0.15, -0.1) is 0 Å². The Morgan fingerprint density at radius 2 is 1.13 bits per heavy atom. The number of esters is 2. The second-order valence-electron chi connectivity index (χ2n) is 7.55. The van der Waals surface area contributed by atoms with Gasteiger partial charge in [-0.2, -0.15) is 0 Å². The SMILES string of the molecule is CC(C)OC(=O)c1cccc(-c2ccccc2-c2ccccc2)c1C(=O)OC(C)C. The first-order valence-corrected chi connectivity index (χ1v) is 10.1. The van der Waals surface area contributed by atoms with Crippen molar-refractivity contribution in [3.05, 3.63) is 83.9 Å². The Hall–Kier alpha value is -3.40. The summed E-state index contributed by atoms with van der Waals surface area (Å²) < 4.78 is 10.9. The predicted octanol–water partition coefficient (Wildman–Crippen LogP) is 6.15. The summed E-state index contributed by atoms with van der Waals surface area (Å²) in [5, 5.41) is 0. The highest BCUT2D eigenvalue weighted by Crippen LogP contribution is 2.35. The third kappa shape index (κ3) is 4.77. The zero-order valence-electron chi connectivity index (χ0n) is 17.7. The third-order valence-corrected chi connectivity index (χ3v) is 4.48. The van der Waals surface area contributed by atoms with Crippen molar-refractivity contribution in [3.8, 4) is 22.3 Å². The standard InChI is InChI=1S/C26H26O4/c1-17(2)29-25(27)23-16-10-15-22(24(23)26(28)30-18(3)4)21-14-9-8-13-20(21)19-11-6-5-7-12-19/h5-18H,1-4H3. The fourth-order valence-electron chi connectivity index (χ4n) is 3.30. The zero-order chi connectivity index (χ0) is 21.7. The normalized spacial score (nSPS) is 10.9. The van der Waals surface area contributed by atoms with Gasteiger partial charge in [-0.3, -0.25) is 0 Å². The van der Waals surface area contributed by atoms with E-state index in [0.717, 1.165) is 16.7 Å². The largest absolute Gasteiger partial charge is 0.459 e. The van der Waals surface area contributed by atoms with Gasteiger partial charge in [0, 0.05) is 0 Å². The van der Waals surface area contributed by atoms with Crippen LogP contribution in [0, 0.1) is 0 Å². The van der Waals surface area contributed by atoms with E-state index in [1.165, 1.54) is 0 Å². The number of hydrogen-bond donors (Lipinski definition) is 0. The monoisotopic (exact) mass is 402 g/mol. The smallest absolute Gasteiger partial charge is 0.339 e. The second-order valence-corrected chi connectivity index (χ2v) is 7.55. The highest BCUT2D eigenvalue weighted by atomic mass is 16.5. The number of ether oxygens (including phenoxy) is 2. The van der Waals surface area contributed by atoms with Crippen LogP contribution in [0.1, 0.15) is 48.4 Å². The topological polar surface area (TPSA) is 52.6 Å². The molecule has 30 heavy (non-hydrogen) atoms. The molecule has 0 aromatic heterocycles. The van der Waals surface area contributed by atoms with E-state index >= 15 is 0 Å². The molecule has 154 valence electrons. The van der Waals surface area contributed by atoms with Crippen LogP contribution in [-0.2, 0) is 9.47 Å². The molecule has 0 heterocycles. The molecule has 0 spiro atoms. The molecule has 0 radical (unpaired) electrons. The van der Waals surface area contributed by atoms with E-state index in [9.17, 15) is 9.59 Å². The summed E-state index contributed by atoms with van der Waals surface area (Å²) in [6.07, 6.45) is -0.615. The molecule has 4 nitrogen and oxygen atoms in total. The highest BCUT2D eigenvalue weighted by Gasteiger charge is 2.26. The van der Waals surface area contributed by atoms with E-state index in [4.69, 9.17) is 9.47 Å². The lowest BCUT2D eigenvalue weighted by Crippen LogP contribution is -2.19. The molecule has 0 bridgehead atoms. The average Bonchev–Trinajstić information content (AvgIpc) is 2.73. The van der Waals surface area contributed by atoms with Crippen LogP contribution in [0.4, 0.5) is 0 Å². The summed E-state index contributed by atoms with van der Waals surface area (Å²) in [4.78, 5) is 25.9. The van der Waals surface area contributed by atoms with Crippen LogP contribution in [0.5, 0.6) is 0 Å². The summed E-state index contributed by atoms with van der Waals surface area (Å²) in [6.45, 7) is 7.12. The first kappa shape index (κ1) is 21.3. The minimum atomic E-state index is -0.542. The summed E-state index contributed by atoms with van der Waals surface area (Å²) in [5.74, 6) is -1.08. The fourth-order valence-corrected chi connectivity index (χ4v) is 3.30. The molecule has 0 saturated carbocycles. The van der Waals surface area contributed by atoms with E-state index in [-0.39, 0.29) is 23.3 Å². The van der Waals surface area contributed by atoms with Crippen molar-refractivity contribution in [1.82, 2.24) is 0 Å². The minimum Gasteiger partial charge on any atom is -0.459 e. The van der Waals surface area contributed by atoms with Crippen molar-refractivity contribution in [1.29, 1.82) is 0 Å². The van der Waals surface area contributed by atoms with Crippen molar-refractivity contribution in [2.75, 3.05) is 0 Å². The molecule has 4 heteroatoms. The van der Waals surface area contributed by atoms with Gasteiger partial charge in [0.05, 0.1) is 23.3 Å². The number of benzene rings is 3. The molecular weight excluding hydrogens is 376 g/mol. The zero-order valence-corrected chi connectivity index (χ0v) is 17.7. The molecule has 0 aliphatic carbocycles. The Kier molecular flexibility index (Phi) is 6.68. The third-order valence-electron chi connectivity index (χ3n) is 4.48. The summed E-state index contributed by atoms with van der Waals surface area (Å²) in [5.41, 5.74) is 3.89. The van der Waals surface area contributed by atoms with E-state index in [2.05, 4.69) is 0 Å². The maximum atomic E-state index is 13.1. The molecule has 0 aliphatic rings. The van der Waals surface area contributed by atoms with E-state index in [1.54, 1.807) is 39.8 Å². The van der Waals surface area contributed by atoms with Gasteiger partial charge in [0.1, 0.15) is 0 Å². The van der Waals surface area contributed by atoms with Gasteiger partial charge < -0.3 is 9.47 Å². The Labute approximate surface area is 177 Å². The Morgan fingerprint density at radius 3 is 1.77 bits per heavy atom. The first-order chi connectivity index (χ1) is 14.4. The molecule has 0 unspecified atom stereocenters. The molecule has 3 rings (SSSR count). The van der Waals surface area contributed by atoms with Crippen LogP contribution in [0.25, 0.3) is 22.3 Å². The van der Waals surface area contributed by atoms with Gasteiger partial charge in [0.25, 0.3) is 0 Å². The Morgan fingerprint density at radius 1 is 0.600 bits per heavy atom. The predicted molar refractivity (Wildman–Crippen MR) is 118 cm³/mol. The van der Waals surface area contributed by atoms with Gasteiger partial charge in [0.15, 0.2) is 0 Å². The second kappa shape index (κ2) is 9.40. The molecule has 0 aliphatic heterocycles. The van der Waals surface area contributed by atoms with Gasteiger partial charge in [-0.05, 0) is 56.0 Å². The summed E-state index contributed by atoms with van der Waals surface area (Å²) in [6, 6.07) is 23.0. The molecule has 0 N–H and O–H groups in total. The van der Waals surface area contributed by atoms with Crippen molar-refractivity contribution in [3.63, 3.8) is 0 Å². The molecule has 0 fully saturated rings. The van der Waals surface area contributed by atoms with Crippen LogP contribution in [0.3, 0.4) is 0 Å². The van der Waals surface area contributed by atoms with Crippen LogP contribution >= 0.6 is 0 Å². The van der Waals surface area contributed by atoms with Crippen LogP contribution < -0.4 is 0 Å². The maximum Gasteiger partial charge on any atom is 0.339 e. The average molecular weight is 402 g/mol. The molecule has 0 saturated heterocycles. The maximum absolute atomic E-state index is 13.1. The number of rotatable bonds is 6. The van der Waals surface area contributed by atoms with Gasteiger partial charge in [-0.1, -0.05) is 66.7 Å². The van der Waals surface area contributed by atoms with Gasteiger partial charge in [0.2, 0.25) is 0 Å². The van der Waals surface area contributed by atoms with E-state index < -0.39 is 11.9 Å². The van der Waals surface area contributed by atoms with Crippen molar-refractivity contribution >= 4 is 11.9 Å². The summed E-state index contributed by atoms with van der Waals surface area (Å²) in [7, 11) is 0. The van der Waals surface area contributed by atoms with Crippen LogP contribution in [-0.4, -0.2) is 24.1 Å². The minimum absolute atomic E-state index is 0.203. The van der Waals surface area contributed by atoms with Gasteiger partial charge in [-0.25, -0.2) is 9.59 Å². The molecule has 3 aromatic carbocycles. The lowest BCUT2D eigenvalue weighted by molar-refractivity contribution is 0.0328. The molecule has 3 aromatic rings. The Balaban J connectivity index is 2.23. The quantitative estimate of drug-likeness (QED) is 0.464. The highest BCUT2D eigenvalue weighted by molar-refractivity contribution is 6.09. The lowest BCUT2D eigenvalue weighted by atomic mass is 9.89. The van der Waals surface area contributed by atoms with Crippen molar-refractivity contribution in [2.45, 2.75) is 39.9 Å². The molecule has 0 amide bonds.